The monoisotopic (exact) mass is 297 g/mol. The van der Waals surface area contributed by atoms with Crippen LogP contribution >= 0.6 is 0 Å². The summed E-state index contributed by atoms with van der Waals surface area (Å²) in [4.78, 5) is 17.0. The molecular weight excluding hydrogens is 278 g/mol. The van der Waals surface area contributed by atoms with E-state index in [1.54, 1.807) is 18.8 Å². The van der Waals surface area contributed by atoms with E-state index in [0.29, 0.717) is 17.0 Å². The van der Waals surface area contributed by atoms with Gasteiger partial charge in [-0.1, -0.05) is 30.3 Å². The lowest BCUT2D eigenvalue weighted by Crippen LogP contribution is -2.24. The average molecular weight is 297 g/mol. The Balaban J connectivity index is 1.86. The minimum absolute atomic E-state index is 0.0877. The fourth-order valence-electron chi connectivity index (χ4n) is 2.58. The maximum absolute atomic E-state index is 12.4. The van der Waals surface area contributed by atoms with E-state index >= 15 is 0 Å². The first kappa shape index (κ1) is 14.3. The maximum Gasteiger partial charge on any atom is 0.280 e. The van der Waals surface area contributed by atoms with E-state index in [0.717, 1.165) is 18.7 Å². The molecule has 0 saturated carbocycles. The van der Waals surface area contributed by atoms with Crippen molar-refractivity contribution in [2.45, 2.75) is 13.3 Å². The number of benzene rings is 1. The lowest BCUT2D eigenvalue weighted by atomic mass is 10.1. The number of hydrogen-bond donors (Lipinski definition) is 1. The van der Waals surface area contributed by atoms with E-state index in [9.17, 15) is 4.79 Å². The number of rotatable bonds is 4. The van der Waals surface area contributed by atoms with Gasteiger partial charge in [0.05, 0.1) is 5.69 Å². The lowest BCUT2D eigenvalue weighted by Gasteiger charge is -2.10. The van der Waals surface area contributed by atoms with Gasteiger partial charge in [-0.3, -0.25) is 14.0 Å². The maximum atomic E-state index is 12.4. The van der Waals surface area contributed by atoms with E-state index < -0.39 is 0 Å². The molecule has 0 unspecified atom stereocenters. The second kappa shape index (κ2) is 5.63. The highest BCUT2D eigenvalue weighted by atomic mass is 16.1. The Morgan fingerprint density at radius 2 is 1.91 bits per heavy atom. The van der Waals surface area contributed by atoms with Crippen molar-refractivity contribution in [1.82, 2.24) is 19.3 Å². The molecule has 0 spiro atoms. The quantitative estimate of drug-likeness (QED) is 0.795. The van der Waals surface area contributed by atoms with Gasteiger partial charge in [-0.25, -0.2) is 4.98 Å². The Hall–Kier alpha value is -2.63. The molecule has 2 heterocycles. The van der Waals surface area contributed by atoms with Crippen molar-refractivity contribution in [3.05, 3.63) is 51.9 Å². The second-order valence-corrected chi connectivity index (χ2v) is 5.37. The zero-order chi connectivity index (χ0) is 15.7. The van der Waals surface area contributed by atoms with Gasteiger partial charge in [0.1, 0.15) is 5.52 Å². The molecule has 0 saturated heterocycles. The fraction of sp³-hybridized carbons (Fsp3) is 0.312. The standard InChI is InChI=1S/C16H19N5O/c1-11-13-14(21(3)19-11)15(22)20(2)16(18-13)17-10-9-12-7-5-4-6-8-12/h4-8H,9-10H2,1-3H3,(H,17,18). The molecule has 3 aromatic rings. The third kappa shape index (κ3) is 2.47. The van der Waals surface area contributed by atoms with Crippen molar-refractivity contribution in [1.29, 1.82) is 0 Å². The van der Waals surface area contributed by atoms with Gasteiger partial charge in [0.2, 0.25) is 5.95 Å². The van der Waals surface area contributed by atoms with Crippen LogP contribution in [-0.4, -0.2) is 25.9 Å². The molecular formula is C16H19N5O. The third-order valence-corrected chi connectivity index (χ3v) is 3.77. The van der Waals surface area contributed by atoms with Gasteiger partial charge in [0, 0.05) is 20.6 Å². The van der Waals surface area contributed by atoms with Crippen LogP contribution < -0.4 is 10.9 Å². The number of nitrogens with zero attached hydrogens (tertiary/aromatic N) is 4. The predicted octanol–water partition coefficient (Wildman–Crippen LogP) is 1.63. The SMILES string of the molecule is Cc1nn(C)c2c(=O)n(C)c(NCCc3ccccc3)nc12. The number of hydrogen-bond acceptors (Lipinski definition) is 4. The zero-order valence-electron chi connectivity index (χ0n) is 13.0. The molecule has 1 N–H and O–H groups in total. The van der Waals surface area contributed by atoms with Crippen molar-refractivity contribution < 1.29 is 0 Å². The van der Waals surface area contributed by atoms with Gasteiger partial charge < -0.3 is 5.32 Å². The molecule has 3 rings (SSSR count). The van der Waals surface area contributed by atoms with Crippen LogP contribution in [0.5, 0.6) is 0 Å². The number of anilines is 1. The van der Waals surface area contributed by atoms with Crippen LogP contribution in [0.2, 0.25) is 0 Å². The molecule has 22 heavy (non-hydrogen) atoms. The van der Waals surface area contributed by atoms with Crippen molar-refractivity contribution >= 4 is 17.0 Å². The molecule has 0 aliphatic carbocycles. The summed E-state index contributed by atoms with van der Waals surface area (Å²) < 4.78 is 3.13. The second-order valence-electron chi connectivity index (χ2n) is 5.37. The highest BCUT2D eigenvalue weighted by Crippen LogP contribution is 2.13. The van der Waals surface area contributed by atoms with E-state index in [1.165, 1.54) is 10.1 Å². The van der Waals surface area contributed by atoms with Gasteiger partial charge in [0.25, 0.3) is 5.56 Å². The van der Waals surface area contributed by atoms with Crippen LogP contribution in [0, 0.1) is 6.92 Å². The summed E-state index contributed by atoms with van der Waals surface area (Å²) in [6.45, 7) is 2.58. The van der Waals surface area contributed by atoms with Crippen LogP contribution in [0.3, 0.4) is 0 Å². The highest BCUT2D eigenvalue weighted by molar-refractivity contribution is 5.77. The van der Waals surface area contributed by atoms with Crippen molar-refractivity contribution in [3.63, 3.8) is 0 Å². The molecule has 114 valence electrons. The summed E-state index contributed by atoms with van der Waals surface area (Å²) in [7, 11) is 3.49. The topological polar surface area (TPSA) is 64.7 Å². The highest BCUT2D eigenvalue weighted by Gasteiger charge is 2.14. The first-order chi connectivity index (χ1) is 10.6. The van der Waals surface area contributed by atoms with Crippen LogP contribution in [0.4, 0.5) is 5.95 Å². The fourth-order valence-corrected chi connectivity index (χ4v) is 2.58. The Bertz CT molecular complexity index is 864. The molecule has 0 fully saturated rings. The van der Waals surface area contributed by atoms with Crippen molar-refractivity contribution in [2.75, 3.05) is 11.9 Å². The molecule has 1 aromatic carbocycles. The van der Waals surface area contributed by atoms with E-state index in [-0.39, 0.29) is 5.56 Å². The summed E-state index contributed by atoms with van der Waals surface area (Å²) in [5.74, 6) is 0.574. The minimum Gasteiger partial charge on any atom is -0.355 e. The van der Waals surface area contributed by atoms with Crippen molar-refractivity contribution in [3.8, 4) is 0 Å². The van der Waals surface area contributed by atoms with E-state index in [4.69, 9.17) is 0 Å². The minimum atomic E-state index is -0.0877. The van der Waals surface area contributed by atoms with Crippen LogP contribution in [-0.2, 0) is 20.5 Å². The lowest BCUT2D eigenvalue weighted by molar-refractivity contribution is 0.765. The summed E-state index contributed by atoms with van der Waals surface area (Å²) in [5.41, 5.74) is 3.12. The van der Waals surface area contributed by atoms with Gasteiger partial charge in [-0.05, 0) is 18.9 Å². The number of aryl methyl sites for hydroxylation is 2. The molecule has 0 aliphatic heterocycles. The summed E-state index contributed by atoms with van der Waals surface area (Å²) in [6.07, 6.45) is 0.876. The Morgan fingerprint density at radius 3 is 2.64 bits per heavy atom. The average Bonchev–Trinajstić information content (AvgIpc) is 2.79. The molecule has 0 bridgehead atoms. The largest absolute Gasteiger partial charge is 0.355 e. The predicted molar refractivity (Wildman–Crippen MR) is 87.1 cm³/mol. The number of nitrogens with one attached hydrogen (secondary N) is 1. The molecule has 2 aromatic heterocycles. The Labute approximate surface area is 128 Å². The van der Waals surface area contributed by atoms with E-state index in [1.807, 2.05) is 25.1 Å². The first-order valence-corrected chi connectivity index (χ1v) is 7.26. The molecule has 0 aliphatic rings. The summed E-state index contributed by atoms with van der Waals surface area (Å²) in [6, 6.07) is 10.2. The molecule has 0 amide bonds. The van der Waals surface area contributed by atoms with Crippen molar-refractivity contribution in [2.24, 2.45) is 14.1 Å². The van der Waals surface area contributed by atoms with E-state index in [2.05, 4.69) is 27.5 Å². The van der Waals surface area contributed by atoms with Gasteiger partial charge in [0.15, 0.2) is 5.52 Å². The zero-order valence-corrected chi connectivity index (χ0v) is 13.0. The van der Waals surface area contributed by atoms with Crippen LogP contribution in [0.15, 0.2) is 35.1 Å². The number of aromatic nitrogens is 4. The van der Waals surface area contributed by atoms with Crippen LogP contribution in [0.25, 0.3) is 11.0 Å². The molecule has 6 heteroatoms. The number of fused-ring (bicyclic) bond motifs is 1. The normalized spacial score (nSPS) is 11.0. The Morgan fingerprint density at radius 1 is 1.18 bits per heavy atom. The summed E-state index contributed by atoms with van der Waals surface area (Å²) in [5, 5.41) is 7.52. The smallest absolute Gasteiger partial charge is 0.280 e. The third-order valence-electron chi connectivity index (χ3n) is 3.77. The first-order valence-electron chi connectivity index (χ1n) is 7.26. The summed E-state index contributed by atoms with van der Waals surface area (Å²) >= 11 is 0. The molecule has 0 atom stereocenters. The Kier molecular flexibility index (Phi) is 3.66. The molecule has 6 nitrogen and oxygen atoms in total. The molecule has 0 radical (unpaired) electrons. The van der Waals surface area contributed by atoms with Gasteiger partial charge in [-0.2, -0.15) is 5.10 Å². The van der Waals surface area contributed by atoms with Gasteiger partial charge >= 0.3 is 0 Å². The van der Waals surface area contributed by atoms with Gasteiger partial charge in [-0.15, -0.1) is 0 Å². The van der Waals surface area contributed by atoms with Crippen LogP contribution in [0.1, 0.15) is 11.3 Å².